The van der Waals surface area contributed by atoms with Crippen LogP contribution in [0.3, 0.4) is 0 Å². The molecule has 0 aliphatic rings. The summed E-state index contributed by atoms with van der Waals surface area (Å²) in [4.78, 5) is 34.9. The Morgan fingerprint density at radius 2 is 1.86 bits per heavy atom. The second kappa shape index (κ2) is 8.59. The van der Waals surface area contributed by atoms with E-state index in [0.29, 0.717) is 20.9 Å². The van der Waals surface area contributed by atoms with E-state index in [9.17, 15) is 14.9 Å². The van der Waals surface area contributed by atoms with Gasteiger partial charge in [0.25, 0.3) is 5.91 Å². The van der Waals surface area contributed by atoms with Crippen molar-refractivity contribution in [3.63, 3.8) is 0 Å². The second-order valence-electron chi connectivity index (χ2n) is 5.22. The Labute approximate surface area is 171 Å². The zero-order valence-electron chi connectivity index (χ0n) is 13.9. The number of nitrogens with one attached hydrogen (secondary N) is 3. The molecule has 0 fully saturated rings. The minimum absolute atomic E-state index is 0.104. The summed E-state index contributed by atoms with van der Waals surface area (Å²) in [7, 11) is 0. The minimum atomic E-state index is -0.675. The van der Waals surface area contributed by atoms with Gasteiger partial charge in [-0.2, -0.15) is 0 Å². The molecule has 0 radical (unpaired) electrons. The molecule has 3 rings (SSSR count). The minimum Gasteiger partial charge on any atom is -0.319 e. The molecule has 1 amide bonds. The molecule has 3 N–H and O–H groups in total. The van der Waals surface area contributed by atoms with Crippen LogP contribution >= 0.6 is 27.5 Å². The lowest BCUT2D eigenvalue weighted by Crippen LogP contribution is -2.30. The van der Waals surface area contributed by atoms with Crippen LogP contribution < -0.4 is 16.2 Å². The highest BCUT2D eigenvalue weighted by Crippen LogP contribution is 2.30. The fraction of sp³-hybridized carbons (Fsp3) is 0. The third kappa shape index (κ3) is 4.50. The molecule has 0 bridgehead atoms. The first-order valence-electron chi connectivity index (χ1n) is 7.64. The van der Waals surface area contributed by atoms with E-state index in [0.717, 1.165) is 6.33 Å². The lowest BCUT2D eigenvalue weighted by Gasteiger charge is -2.11. The van der Waals surface area contributed by atoms with Gasteiger partial charge in [0, 0.05) is 10.7 Å². The van der Waals surface area contributed by atoms with Gasteiger partial charge in [0.2, 0.25) is 11.6 Å². The second-order valence-corrected chi connectivity index (χ2v) is 6.51. The molecule has 28 heavy (non-hydrogen) atoms. The van der Waals surface area contributed by atoms with Crippen molar-refractivity contribution in [3.05, 3.63) is 74.1 Å². The molecule has 0 saturated heterocycles. The predicted octanol–water partition coefficient (Wildman–Crippen LogP) is 3.70. The number of nitro groups is 1. The summed E-state index contributed by atoms with van der Waals surface area (Å²) in [5.41, 5.74) is 4.71. The molecule has 1 aromatic carbocycles. The highest BCUT2D eigenvalue weighted by atomic mass is 79.9. The van der Waals surface area contributed by atoms with Crippen molar-refractivity contribution in [2.24, 2.45) is 0 Å². The highest BCUT2D eigenvalue weighted by molar-refractivity contribution is 9.10. The topological polar surface area (TPSA) is 135 Å². The zero-order chi connectivity index (χ0) is 20.1. The van der Waals surface area contributed by atoms with Crippen LogP contribution in [-0.4, -0.2) is 25.8 Å². The smallest absolute Gasteiger partial charge is 0.319 e. The van der Waals surface area contributed by atoms with Gasteiger partial charge in [-0.1, -0.05) is 23.7 Å². The van der Waals surface area contributed by atoms with Crippen molar-refractivity contribution in [2.75, 3.05) is 10.7 Å². The quantitative estimate of drug-likeness (QED) is 0.371. The third-order valence-corrected chi connectivity index (χ3v) is 4.31. The van der Waals surface area contributed by atoms with Gasteiger partial charge in [0.1, 0.15) is 12.1 Å². The number of hydrogen-bond donors (Lipinski definition) is 3. The van der Waals surface area contributed by atoms with E-state index in [-0.39, 0.29) is 11.6 Å². The van der Waals surface area contributed by atoms with E-state index in [2.05, 4.69) is 47.1 Å². The first-order chi connectivity index (χ1) is 13.5. The van der Waals surface area contributed by atoms with Gasteiger partial charge >= 0.3 is 5.69 Å². The summed E-state index contributed by atoms with van der Waals surface area (Å²) in [6, 6.07) is 9.84. The summed E-state index contributed by atoms with van der Waals surface area (Å²) in [5, 5.41) is 14.7. The van der Waals surface area contributed by atoms with Crippen LogP contribution in [-0.2, 0) is 0 Å². The lowest BCUT2D eigenvalue weighted by molar-refractivity contribution is -0.383. The molecular formula is C16H11BrClN7O3. The molecule has 2 aromatic heterocycles. The molecule has 0 spiro atoms. The molecule has 0 aliphatic heterocycles. The van der Waals surface area contributed by atoms with E-state index in [1.54, 1.807) is 30.3 Å². The first kappa shape index (κ1) is 19.5. The number of rotatable bonds is 6. The number of hydrazine groups is 1. The summed E-state index contributed by atoms with van der Waals surface area (Å²) in [5.74, 6) is -0.506. The molecule has 0 atom stereocenters. The number of anilines is 3. The lowest BCUT2D eigenvalue weighted by atomic mass is 10.2. The molecule has 12 heteroatoms. The number of hydrogen-bond acceptors (Lipinski definition) is 8. The van der Waals surface area contributed by atoms with Crippen molar-refractivity contribution < 1.29 is 9.72 Å². The van der Waals surface area contributed by atoms with Crippen LogP contribution in [0.4, 0.5) is 23.1 Å². The molecule has 142 valence electrons. The third-order valence-electron chi connectivity index (χ3n) is 3.39. The van der Waals surface area contributed by atoms with Gasteiger partial charge in [0.15, 0.2) is 0 Å². The Bertz CT molecular complexity index is 1030. The number of aromatic nitrogens is 3. The normalized spacial score (nSPS) is 10.2. The molecule has 2 heterocycles. The zero-order valence-corrected chi connectivity index (χ0v) is 16.2. The van der Waals surface area contributed by atoms with Gasteiger partial charge in [-0.15, -0.1) is 0 Å². The van der Waals surface area contributed by atoms with Crippen LogP contribution in [0.5, 0.6) is 0 Å². The van der Waals surface area contributed by atoms with Crippen molar-refractivity contribution in [1.82, 2.24) is 20.4 Å². The Morgan fingerprint density at radius 1 is 1.11 bits per heavy atom. The number of carbonyl (C=O) groups is 1. The molecule has 3 aromatic rings. The van der Waals surface area contributed by atoms with E-state index in [1.807, 2.05) is 0 Å². The Morgan fingerprint density at radius 3 is 2.54 bits per heavy atom. The van der Waals surface area contributed by atoms with Crippen molar-refractivity contribution in [2.45, 2.75) is 0 Å². The summed E-state index contributed by atoms with van der Waals surface area (Å²) >= 11 is 9.04. The van der Waals surface area contributed by atoms with Crippen LogP contribution in [0, 0.1) is 10.1 Å². The van der Waals surface area contributed by atoms with Crippen LogP contribution in [0.1, 0.15) is 10.4 Å². The van der Waals surface area contributed by atoms with E-state index >= 15 is 0 Å². The van der Waals surface area contributed by atoms with Crippen LogP contribution in [0.15, 0.2) is 53.4 Å². The van der Waals surface area contributed by atoms with E-state index in [1.165, 1.54) is 12.3 Å². The number of pyridine rings is 1. The molecule has 10 nitrogen and oxygen atoms in total. The first-order valence-corrected chi connectivity index (χ1v) is 8.81. The molecular weight excluding hydrogens is 454 g/mol. The van der Waals surface area contributed by atoms with Crippen LogP contribution in [0.2, 0.25) is 5.02 Å². The number of benzene rings is 1. The maximum atomic E-state index is 12.3. The Kier molecular flexibility index (Phi) is 5.96. The van der Waals surface area contributed by atoms with Gasteiger partial charge in [-0.05, 0) is 40.2 Å². The van der Waals surface area contributed by atoms with E-state index < -0.39 is 16.5 Å². The van der Waals surface area contributed by atoms with Crippen molar-refractivity contribution >= 4 is 56.6 Å². The number of carbonyl (C=O) groups excluding carboxylic acids is 1. The van der Waals surface area contributed by atoms with Gasteiger partial charge in [0.05, 0.1) is 15.5 Å². The van der Waals surface area contributed by atoms with Gasteiger partial charge in [-0.3, -0.25) is 25.8 Å². The van der Waals surface area contributed by atoms with Gasteiger partial charge in [-0.25, -0.2) is 15.0 Å². The summed E-state index contributed by atoms with van der Waals surface area (Å²) < 4.78 is 0.572. The molecule has 0 saturated carbocycles. The fourth-order valence-corrected chi connectivity index (χ4v) is 2.71. The maximum Gasteiger partial charge on any atom is 0.355 e. The largest absolute Gasteiger partial charge is 0.355 e. The number of halogens is 2. The highest BCUT2D eigenvalue weighted by Gasteiger charge is 2.24. The van der Waals surface area contributed by atoms with Crippen LogP contribution in [0.25, 0.3) is 0 Å². The summed E-state index contributed by atoms with van der Waals surface area (Å²) in [6.07, 6.45) is 2.49. The van der Waals surface area contributed by atoms with Gasteiger partial charge < -0.3 is 5.32 Å². The number of amides is 1. The average molecular weight is 465 g/mol. The predicted molar refractivity (Wildman–Crippen MR) is 106 cm³/mol. The molecule has 0 unspecified atom stereocenters. The fourth-order valence-electron chi connectivity index (χ4n) is 2.13. The average Bonchev–Trinajstić information content (AvgIpc) is 2.68. The number of nitrogens with zero attached hydrogens (tertiary/aromatic N) is 4. The Balaban J connectivity index is 1.83. The molecule has 0 aliphatic carbocycles. The summed E-state index contributed by atoms with van der Waals surface area (Å²) in [6.45, 7) is 0. The maximum absolute atomic E-state index is 12.3. The van der Waals surface area contributed by atoms with Crippen molar-refractivity contribution in [1.29, 1.82) is 0 Å². The SMILES string of the molecule is O=C(NNc1ncnc(Nc2ccc(Cl)cn2)c1[N+](=O)[O-])c1ccccc1Br. The van der Waals surface area contributed by atoms with Crippen molar-refractivity contribution in [3.8, 4) is 0 Å². The van der Waals surface area contributed by atoms with E-state index in [4.69, 9.17) is 11.6 Å². The monoisotopic (exact) mass is 463 g/mol. The standard InChI is InChI=1S/C16H11BrClN7O3/c17-11-4-2-1-3-10(11)16(26)24-23-15-13(25(27)28)14(20-8-21-15)22-12-6-5-9(18)7-19-12/h1-8H,(H,24,26)(H2,19,20,21,22,23). The Hall–Kier alpha value is -3.31.